The summed E-state index contributed by atoms with van der Waals surface area (Å²) in [6, 6.07) is 0. The topological polar surface area (TPSA) is 104 Å². The number of unbranched alkanes of at least 4 members (excludes halogenated alkanes) is 3. The molecule has 0 spiro atoms. The summed E-state index contributed by atoms with van der Waals surface area (Å²) < 4.78 is 16.8. The van der Waals surface area contributed by atoms with Gasteiger partial charge >= 0.3 is 0 Å². The Morgan fingerprint density at radius 3 is 1.61 bits per heavy atom. The highest BCUT2D eigenvalue weighted by molar-refractivity contribution is 4.77. The zero-order valence-electron chi connectivity index (χ0n) is 25.8. The number of hydrogen-bond donors (Lipinski definition) is 4. The summed E-state index contributed by atoms with van der Waals surface area (Å²) in [6.45, 7) is 19.4. The molecule has 0 aliphatic rings. The van der Waals surface area contributed by atoms with E-state index >= 15 is 0 Å². The summed E-state index contributed by atoms with van der Waals surface area (Å²) in [6.07, 6.45) is 6.66. The van der Waals surface area contributed by atoms with Crippen molar-refractivity contribution in [2.45, 2.75) is 111 Å². The minimum absolute atomic E-state index is 0.129. The van der Waals surface area contributed by atoms with Crippen LogP contribution in [0.1, 0.15) is 92.9 Å². The van der Waals surface area contributed by atoms with Gasteiger partial charge in [0.2, 0.25) is 0 Å². The van der Waals surface area contributed by atoms with Crippen LogP contribution in [0.4, 0.5) is 0 Å². The van der Waals surface area contributed by atoms with E-state index in [1.54, 1.807) is 0 Å². The third-order valence-electron chi connectivity index (χ3n) is 6.62. The molecule has 4 atom stereocenters. The lowest BCUT2D eigenvalue weighted by atomic mass is 9.80. The minimum atomic E-state index is -0.582. The van der Waals surface area contributed by atoms with E-state index < -0.39 is 18.3 Å². The quantitative estimate of drug-likeness (QED) is 0.109. The predicted octanol–water partition coefficient (Wildman–Crippen LogP) is 3.85. The number of hydrogen-bond acceptors (Lipinski definition) is 8. The van der Waals surface area contributed by atoms with Gasteiger partial charge in [0.05, 0.1) is 38.1 Å². The molecule has 0 saturated carbocycles. The number of aliphatic hydroxyl groups excluding tert-OH is 3. The first-order valence-electron chi connectivity index (χ1n) is 15.3. The van der Waals surface area contributed by atoms with Crippen molar-refractivity contribution in [1.29, 1.82) is 0 Å². The molecule has 0 amide bonds. The third-order valence-corrected chi connectivity index (χ3v) is 6.62. The maximum Gasteiger partial charge on any atom is 0.0900 e. The number of ether oxygens (including phenoxy) is 3. The van der Waals surface area contributed by atoms with Crippen LogP contribution < -0.4 is 5.32 Å². The Bertz CT molecular complexity index is 491. The second kappa shape index (κ2) is 24.5. The van der Waals surface area contributed by atoms with Gasteiger partial charge in [-0.05, 0) is 50.0 Å². The van der Waals surface area contributed by atoms with Crippen LogP contribution in [-0.2, 0) is 14.2 Å². The van der Waals surface area contributed by atoms with Gasteiger partial charge in [0.25, 0.3) is 0 Å². The average Bonchev–Trinajstić information content (AvgIpc) is 2.84. The second-order valence-corrected chi connectivity index (χ2v) is 11.9. The molecule has 38 heavy (non-hydrogen) atoms. The Kier molecular flexibility index (Phi) is 24.3. The standard InChI is InChI=1S/C30H64N2O6/c1-7-10-15-36-23-27(33)19-31-14-13-30(5,6)18-26(4)20-32(21-28(34)24-37-16-11-8-2)22-29(35)25-38-17-12-9-3/h26-29,31,33-35H,7-25H2,1-6H3. The average molecular weight is 549 g/mol. The van der Waals surface area contributed by atoms with Gasteiger partial charge in [-0.15, -0.1) is 0 Å². The van der Waals surface area contributed by atoms with Gasteiger partial charge in [-0.2, -0.15) is 0 Å². The fraction of sp³-hybridized carbons (Fsp3) is 1.00. The fourth-order valence-corrected chi connectivity index (χ4v) is 4.63. The van der Waals surface area contributed by atoms with E-state index in [-0.39, 0.29) is 5.41 Å². The molecule has 0 aliphatic carbocycles. The Hall–Kier alpha value is -0.320. The zero-order chi connectivity index (χ0) is 28.7. The number of rotatable bonds is 28. The van der Waals surface area contributed by atoms with Crippen molar-refractivity contribution in [3.8, 4) is 0 Å². The van der Waals surface area contributed by atoms with Crippen LogP contribution in [0.15, 0.2) is 0 Å². The maximum atomic E-state index is 10.6. The minimum Gasteiger partial charge on any atom is -0.389 e. The van der Waals surface area contributed by atoms with E-state index in [1.807, 2.05) is 0 Å². The zero-order valence-corrected chi connectivity index (χ0v) is 25.8. The molecule has 0 aromatic carbocycles. The Morgan fingerprint density at radius 1 is 0.711 bits per heavy atom. The lowest BCUT2D eigenvalue weighted by molar-refractivity contribution is -0.0149. The van der Waals surface area contributed by atoms with Crippen LogP contribution >= 0.6 is 0 Å². The summed E-state index contributed by atoms with van der Waals surface area (Å²) in [5, 5.41) is 34.6. The van der Waals surface area contributed by atoms with Gasteiger partial charge < -0.3 is 34.8 Å². The SMILES string of the molecule is CCCCOCC(O)CNCCC(C)(C)CC(C)CN(CC(O)COCCCC)CC(O)COCCCC. The van der Waals surface area contributed by atoms with Crippen molar-refractivity contribution in [2.24, 2.45) is 11.3 Å². The monoisotopic (exact) mass is 548 g/mol. The van der Waals surface area contributed by atoms with Crippen molar-refractivity contribution in [3.05, 3.63) is 0 Å². The maximum absolute atomic E-state index is 10.6. The normalized spacial score (nSPS) is 15.6. The van der Waals surface area contributed by atoms with Crippen molar-refractivity contribution in [1.82, 2.24) is 10.2 Å². The first-order valence-corrected chi connectivity index (χ1v) is 15.3. The van der Waals surface area contributed by atoms with E-state index in [0.717, 1.165) is 64.5 Å². The van der Waals surface area contributed by atoms with Gasteiger partial charge in [0, 0.05) is 46.0 Å². The van der Waals surface area contributed by atoms with Gasteiger partial charge in [-0.1, -0.05) is 60.8 Å². The molecule has 0 aromatic rings. The van der Waals surface area contributed by atoms with E-state index in [2.05, 4.69) is 51.8 Å². The van der Waals surface area contributed by atoms with Gasteiger partial charge in [0.15, 0.2) is 0 Å². The Morgan fingerprint density at radius 2 is 1.16 bits per heavy atom. The molecule has 4 unspecified atom stereocenters. The van der Waals surface area contributed by atoms with E-state index in [0.29, 0.717) is 65.2 Å². The molecule has 0 fully saturated rings. The molecule has 8 nitrogen and oxygen atoms in total. The van der Waals surface area contributed by atoms with E-state index in [1.165, 1.54) is 0 Å². The van der Waals surface area contributed by atoms with Crippen LogP contribution in [0, 0.1) is 11.3 Å². The molecule has 0 bridgehead atoms. The van der Waals surface area contributed by atoms with Gasteiger partial charge in [-0.25, -0.2) is 0 Å². The van der Waals surface area contributed by atoms with E-state index in [9.17, 15) is 15.3 Å². The molecule has 230 valence electrons. The highest BCUT2D eigenvalue weighted by Crippen LogP contribution is 2.29. The molecule has 0 aliphatic heterocycles. The first-order chi connectivity index (χ1) is 18.1. The summed E-state index contributed by atoms with van der Waals surface area (Å²) in [5.41, 5.74) is 0.129. The van der Waals surface area contributed by atoms with Crippen LogP contribution in [0.25, 0.3) is 0 Å². The fourth-order valence-electron chi connectivity index (χ4n) is 4.63. The highest BCUT2D eigenvalue weighted by Gasteiger charge is 2.24. The Labute approximate surface area is 234 Å². The van der Waals surface area contributed by atoms with Gasteiger partial charge in [0.1, 0.15) is 0 Å². The van der Waals surface area contributed by atoms with Crippen molar-refractivity contribution >= 4 is 0 Å². The summed E-state index contributed by atoms with van der Waals surface area (Å²) >= 11 is 0. The molecule has 8 heteroatoms. The molecule has 0 saturated heterocycles. The largest absolute Gasteiger partial charge is 0.389 e. The first kappa shape index (κ1) is 37.7. The molecular weight excluding hydrogens is 484 g/mol. The summed E-state index contributed by atoms with van der Waals surface area (Å²) in [5.74, 6) is 0.393. The molecule has 4 N–H and O–H groups in total. The second-order valence-electron chi connectivity index (χ2n) is 11.9. The van der Waals surface area contributed by atoms with Crippen molar-refractivity contribution in [3.63, 3.8) is 0 Å². The van der Waals surface area contributed by atoms with Crippen LogP contribution in [0.5, 0.6) is 0 Å². The predicted molar refractivity (Wildman–Crippen MR) is 157 cm³/mol. The van der Waals surface area contributed by atoms with Crippen molar-refractivity contribution < 1.29 is 29.5 Å². The Balaban J connectivity index is 4.60. The van der Waals surface area contributed by atoms with Crippen LogP contribution in [0.3, 0.4) is 0 Å². The smallest absolute Gasteiger partial charge is 0.0900 e. The molecular formula is C30H64N2O6. The van der Waals surface area contributed by atoms with E-state index in [4.69, 9.17) is 14.2 Å². The number of aliphatic hydroxyl groups is 3. The molecule has 0 radical (unpaired) electrons. The lowest BCUT2D eigenvalue weighted by Gasteiger charge is -2.33. The third kappa shape index (κ3) is 23.6. The van der Waals surface area contributed by atoms with Crippen LogP contribution in [0.2, 0.25) is 0 Å². The highest BCUT2D eigenvalue weighted by atomic mass is 16.5. The van der Waals surface area contributed by atoms with Crippen LogP contribution in [-0.4, -0.2) is 111 Å². The lowest BCUT2D eigenvalue weighted by Crippen LogP contribution is -2.43. The number of nitrogens with one attached hydrogen (secondary N) is 1. The van der Waals surface area contributed by atoms with Gasteiger partial charge in [-0.3, -0.25) is 4.90 Å². The molecule has 0 heterocycles. The molecule has 0 rings (SSSR count). The molecule has 0 aromatic heterocycles. The van der Waals surface area contributed by atoms with Crippen molar-refractivity contribution in [2.75, 3.05) is 72.4 Å². The number of nitrogens with zero attached hydrogens (tertiary/aromatic N) is 1. The summed E-state index contributed by atoms with van der Waals surface area (Å²) in [4.78, 5) is 2.16. The summed E-state index contributed by atoms with van der Waals surface area (Å²) in [7, 11) is 0.